The van der Waals surface area contributed by atoms with Crippen molar-refractivity contribution >= 4 is 33.0 Å². The number of hydrogen-bond acceptors (Lipinski definition) is 5. The lowest BCUT2D eigenvalue weighted by atomic mass is 9.89. The van der Waals surface area contributed by atoms with Gasteiger partial charge < -0.3 is 20.5 Å². The van der Waals surface area contributed by atoms with Crippen LogP contribution in [0.2, 0.25) is 0 Å². The fourth-order valence-corrected chi connectivity index (χ4v) is 3.65. The number of fused-ring (bicyclic) bond motifs is 1. The first kappa shape index (κ1) is 14.2. The number of ether oxygens (including phenoxy) is 2. The lowest BCUT2D eigenvalue weighted by Crippen LogP contribution is -2.47. The zero-order valence-corrected chi connectivity index (χ0v) is 12.8. The molecule has 5 nitrogen and oxygen atoms in total. The normalized spacial score (nSPS) is 21.0. The summed E-state index contributed by atoms with van der Waals surface area (Å²) < 4.78 is 11.5. The molecule has 0 saturated heterocycles. The molecule has 0 atom stereocenters. The van der Waals surface area contributed by atoms with E-state index in [2.05, 4.69) is 5.32 Å². The Kier molecular flexibility index (Phi) is 3.73. The Morgan fingerprint density at radius 1 is 1.38 bits per heavy atom. The van der Waals surface area contributed by atoms with Crippen LogP contribution in [0.3, 0.4) is 0 Å². The van der Waals surface area contributed by atoms with Crippen LogP contribution in [0.25, 0.3) is 10.1 Å². The molecular weight excluding hydrogens is 288 g/mol. The minimum Gasteiger partial charge on any atom is -0.496 e. The predicted octanol–water partition coefficient (Wildman–Crippen LogP) is 2.40. The number of amides is 1. The van der Waals surface area contributed by atoms with E-state index in [0.717, 1.165) is 22.9 Å². The molecule has 0 radical (unpaired) electrons. The van der Waals surface area contributed by atoms with E-state index in [9.17, 15) is 4.79 Å². The summed E-state index contributed by atoms with van der Waals surface area (Å²) in [7, 11) is 3.30. The number of rotatable bonds is 4. The van der Waals surface area contributed by atoms with Crippen molar-refractivity contribution in [3.05, 3.63) is 23.1 Å². The predicted molar refractivity (Wildman–Crippen MR) is 84.1 cm³/mol. The van der Waals surface area contributed by atoms with Crippen LogP contribution >= 0.6 is 11.3 Å². The summed E-state index contributed by atoms with van der Waals surface area (Å²) in [5.74, 6) is 0.582. The van der Waals surface area contributed by atoms with E-state index in [1.807, 2.05) is 18.2 Å². The number of nitrogens with one attached hydrogen (secondary N) is 1. The fraction of sp³-hybridized carbons (Fsp3) is 0.400. The standard InChI is InChI=1S/C15H18N2O3S/c1-19-9-6-8(7-9)17-15(18)14-13(16)12-10(20-2)4-3-5-11(12)21-14/h3-5,8-9H,6-7,16H2,1-2H3,(H,17,18). The fourth-order valence-electron chi connectivity index (χ4n) is 2.61. The molecule has 1 aromatic heterocycles. The van der Waals surface area contributed by atoms with E-state index in [4.69, 9.17) is 15.2 Å². The number of benzene rings is 1. The summed E-state index contributed by atoms with van der Waals surface area (Å²) in [6.07, 6.45) is 1.97. The minimum atomic E-state index is -0.115. The van der Waals surface area contributed by atoms with E-state index in [-0.39, 0.29) is 18.1 Å². The largest absolute Gasteiger partial charge is 0.496 e. The molecule has 21 heavy (non-hydrogen) atoms. The van der Waals surface area contributed by atoms with Gasteiger partial charge in [-0.15, -0.1) is 11.3 Å². The van der Waals surface area contributed by atoms with Gasteiger partial charge in [-0.3, -0.25) is 4.79 Å². The van der Waals surface area contributed by atoms with Crippen molar-refractivity contribution in [1.82, 2.24) is 5.32 Å². The number of carbonyl (C=O) groups is 1. The van der Waals surface area contributed by atoms with Crippen molar-refractivity contribution in [2.45, 2.75) is 25.0 Å². The van der Waals surface area contributed by atoms with Gasteiger partial charge in [0.2, 0.25) is 0 Å². The quantitative estimate of drug-likeness (QED) is 0.909. The monoisotopic (exact) mass is 306 g/mol. The second kappa shape index (κ2) is 5.54. The molecule has 1 fully saturated rings. The van der Waals surface area contributed by atoms with Crippen molar-refractivity contribution in [3.8, 4) is 5.75 Å². The first-order chi connectivity index (χ1) is 10.1. The molecule has 112 valence electrons. The number of carbonyl (C=O) groups excluding carboxylic acids is 1. The van der Waals surface area contributed by atoms with Gasteiger partial charge in [0.15, 0.2) is 0 Å². The third-order valence-electron chi connectivity index (χ3n) is 3.90. The van der Waals surface area contributed by atoms with E-state index < -0.39 is 0 Å². The van der Waals surface area contributed by atoms with Crippen molar-refractivity contribution in [2.75, 3.05) is 20.0 Å². The Bertz CT molecular complexity index is 677. The van der Waals surface area contributed by atoms with Crippen molar-refractivity contribution < 1.29 is 14.3 Å². The highest BCUT2D eigenvalue weighted by molar-refractivity contribution is 7.21. The van der Waals surface area contributed by atoms with E-state index in [0.29, 0.717) is 16.3 Å². The average Bonchev–Trinajstić information content (AvgIpc) is 2.79. The molecule has 1 aliphatic carbocycles. The second-order valence-corrected chi connectivity index (χ2v) is 6.23. The molecule has 6 heteroatoms. The maximum Gasteiger partial charge on any atom is 0.263 e. The van der Waals surface area contributed by atoms with E-state index in [1.165, 1.54) is 11.3 Å². The summed E-state index contributed by atoms with van der Waals surface area (Å²) in [6, 6.07) is 5.87. The highest BCUT2D eigenvalue weighted by Crippen LogP contribution is 2.39. The third-order valence-corrected chi connectivity index (χ3v) is 5.07. The summed E-state index contributed by atoms with van der Waals surface area (Å²) in [5, 5.41) is 3.82. The Morgan fingerprint density at radius 2 is 2.14 bits per heavy atom. The number of thiophene rings is 1. The number of nitrogens with two attached hydrogens (primary N) is 1. The molecule has 1 saturated carbocycles. The molecule has 1 aliphatic rings. The number of nitrogen functional groups attached to an aromatic ring is 1. The lowest BCUT2D eigenvalue weighted by Gasteiger charge is -2.34. The Labute approximate surface area is 127 Å². The molecule has 0 unspecified atom stereocenters. The summed E-state index contributed by atoms with van der Waals surface area (Å²) >= 11 is 1.40. The first-order valence-corrected chi connectivity index (χ1v) is 7.64. The minimum absolute atomic E-state index is 0.115. The topological polar surface area (TPSA) is 73.6 Å². The van der Waals surface area contributed by atoms with Crippen LogP contribution in [0.4, 0.5) is 5.69 Å². The van der Waals surface area contributed by atoms with Gasteiger partial charge in [-0.05, 0) is 25.0 Å². The van der Waals surface area contributed by atoms with Gasteiger partial charge in [-0.2, -0.15) is 0 Å². The van der Waals surface area contributed by atoms with Gasteiger partial charge in [0, 0.05) is 17.9 Å². The van der Waals surface area contributed by atoms with Crippen LogP contribution in [0.15, 0.2) is 18.2 Å². The van der Waals surface area contributed by atoms with Crippen molar-refractivity contribution in [2.24, 2.45) is 0 Å². The van der Waals surface area contributed by atoms with Crippen LogP contribution < -0.4 is 15.8 Å². The zero-order chi connectivity index (χ0) is 15.0. The third kappa shape index (κ3) is 2.45. The first-order valence-electron chi connectivity index (χ1n) is 6.82. The molecule has 1 aromatic carbocycles. The molecule has 0 bridgehead atoms. The van der Waals surface area contributed by atoms with E-state index >= 15 is 0 Å². The smallest absolute Gasteiger partial charge is 0.263 e. The van der Waals surface area contributed by atoms with Crippen LogP contribution in [0.5, 0.6) is 5.75 Å². The van der Waals surface area contributed by atoms with Gasteiger partial charge >= 0.3 is 0 Å². The second-order valence-electron chi connectivity index (χ2n) is 5.18. The molecule has 0 spiro atoms. The van der Waals surface area contributed by atoms with Crippen LogP contribution in [-0.2, 0) is 4.74 Å². The highest BCUT2D eigenvalue weighted by Gasteiger charge is 2.31. The Hall–Kier alpha value is -1.79. The van der Waals surface area contributed by atoms with Crippen LogP contribution in [-0.4, -0.2) is 32.3 Å². The number of methoxy groups -OCH3 is 2. The molecule has 0 aliphatic heterocycles. The SMILES string of the molecule is COc1cccc2sc(C(=O)NC3CC(OC)C3)c(N)c12. The van der Waals surface area contributed by atoms with Gasteiger partial charge in [0.05, 0.1) is 24.3 Å². The molecule has 3 rings (SSSR count). The average molecular weight is 306 g/mol. The molecule has 3 N–H and O–H groups in total. The van der Waals surface area contributed by atoms with Gasteiger partial charge in [0.1, 0.15) is 10.6 Å². The summed E-state index contributed by atoms with van der Waals surface area (Å²) in [4.78, 5) is 12.9. The van der Waals surface area contributed by atoms with Crippen LogP contribution in [0.1, 0.15) is 22.5 Å². The summed E-state index contributed by atoms with van der Waals surface area (Å²) in [5.41, 5.74) is 6.64. The van der Waals surface area contributed by atoms with Crippen LogP contribution in [0, 0.1) is 0 Å². The zero-order valence-electron chi connectivity index (χ0n) is 12.0. The van der Waals surface area contributed by atoms with Gasteiger partial charge in [0.25, 0.3) is 5.91 Å². The molecule has 2 aromatic rings. The number of hydrogen-bond donors (Lipinski definition) is 2. The van der Waals surface area contributed by atoms with Gasteiger partial charge in [-0.25, -0.2) is 0 Å². The number of anilines is 1. The maximum atomic E-state index is 12.4. The maximum absolute atomic E-state index is 12.4. The Morgan fingerprint density at radius 3 is 2.81 bits per heavy atom. The Balaban J connectivity index is 1.84. The highest BCUT2D eigenvalue weighted by atomic mass is 32.1. The molecule has 1 amide bonds. The molecule has 1 heterocycles. The van der Waals surface area contributed by atoms with Crippen molar-refractivity contribution in [3.63, 3.8) is 0 Å². The molecular formula is C15H18N2O3S. The summed E-state index contributed by atoms with van der Waals surface area (Å²) in [6.45, 7) is 0. The van der Waals surface area contributed by atoms with Crippen molar-refractivity contribution in [1.29, 1.82) is 0 Å². The van der Waals surface area contributed by atoms with E-state index in [1.54, 1.807) is 14.2 Å². The van der Waals surface area contributed by atoms with Gasteiger partial charge in [-0.1, -0.05) is 6.07 Å². The lowest BCUT2D eigenvalue weighted by molar-refractivity contribution is 0.0177.